The highest BCUT2D eigenvalue weighted by molar-refractivity contribution is 7.92. The van der Waals surface area contributed by atoms with Crippen LogP contribution in [0.4, 0.5) is 11.4 Å². The Morgan fingerprint density at radius 3 is 2.42 bits per heavy atom. The van der Waals surface area contributed by atoms with Crippen LogP contribution in [0.25, 0.3) is 0 Å². The molecule has 0 aromatic heterocycles. The molecule has 0 amide bonds. The fraction of sp³-hybridized carbons (Fsp3) is 0.538. The predicted molar refractivity (Wildman–Crippen MR) is 82.5 cm³/mol. The maximum absolute atomic E-state index is 11.2. The Bertz CT molecular complexity index is 513. The van der Waals surface area contributed by atoms with E-state index in [0.29, 0.717) is 16.6 Å². The number of anilines is 2. The molecule has 2 N–H and O–H groups in total. The summed E-state index contributed by atoms with van der Waals surface area (Å²) >= 11 is 6.10. The first kappa shape index (κ1) is 16.1. The minimum atomic E-state index is -3.27. The number of benzene rings is 1. The van der Waals surface area contributed by atoms with E-state index in [2.05, 4.69) is 23.9 Å². The Kier molecular flexibility index (Phi) is 5.94. The Morgan fingerprint density at radius 2 is 1.89 bits per heavy atom. The number of hydrogen-bond donors (Lipinski definition) is 2. The minimum absolute atomic E-state index is 0.513. The monoisotopic (exact) mass is 304 g/mol. The normalized spacial score (nSPS) is 11.6. The van der Waals surface area contributed by atoms with Crippen LogP contribution in [0.15, 0.2) is 18.2 Å². The van der Waals surface area contributed by atoms with Crippen LogP contribution in [0.2, 0.25) is 5.02 Å². The van der Waals surface area contributed by atoms with Crippen molar-refractivity contribution in [2.75, 3.05) is 22.8 Å². The number of nitrogens with one attached hydrogen (secondary N) is 2. The van der Waals surface area contributed by atoms with Gasteiger partial charge in [0, 0.05) is 6.54 Å². The molecule has 0 saturated heterocycles. The van der Waals surface area contributed by atoms with Gasteiger partial charge in [-0.1, -0.05) is 38.3 Å². The molecule has 0 bridgehead atoms. The van der Waals surface area contributed by atoms with Crippen molar-refractivity contribution in [2.24, 2.45) is 5.92 Å². The molecule has 0 aliphatic rings. The van der Waals surface area contributed by atoms with Gasteiger partial charge in [-0.2, -0.15) is 0 Å². The summed E-state index contributed by atoms with van der Waals surface area (Å²) in [6, 6.07) is 5.04. The van der Waals surface area contributed by atoms with Gasteiger partial charge < -0.3 is 5.32 Å². The van der Waals surface area contributed by atoms with Crippen molar-refractivity contribution in [3.8, 4) is 0 Å². The van der Waals surface area contributed by atoms with E-state index in [1.807, 2.05) is 0 Å². The second-order valence-electron chi connectivity index (χ2n) is 4.63. The van der Waals surface area contributed by atoms with Gasteiger partial charge >= 0.3 is 0 Å². The first-order valence-electron chi connectivity index (χ1n) is 6.37. The van der Waals surface area contributed by atoms with Gasteiger partial charge in [0.25, 0.3) is 0 Å². The van der Waals surface area contributed by atoms with E-state index in [0.717, 1.165) is 31.3 Å². The minimum Gasteiger partial charge on any atom is -0.384 e. The van der Waals surface area contributed by atoms with Gasteiger partial charge in [0.05, 0.1) is 22.7 Å². The van der Waals surface area contributed by atoms with Crippen LogP contribution in [-0.4, -0.2) is 21.2 Å². The van der Waals surface area contributed by atoms with Crippen LogP contribution in [0.1, 0.15) is 26.7 Å². The van der Waals surface area contributed by atoms with Gasteiger partial charge in [-0.05, 0) is 24.1 Å². The molecule has 0 fully saturated rings. The molecule has 0 aliphatic carbocycles. The second-order valence-corrected chi connectivity index (χ2v) is 6.79. The highest BCUT2D eigenvalue weighted by Gasteiger charge is 2.08. The second kappa shape index (κ2) is 7.01. The van der Waals surface area contributed by atoms with Crippen LogP contribution in [0.3, 0.4) is 0 Å². The van der Waals surface area contributed by atoms with Gasteiger partial charge in [-0.25, -0.2) is 8.42 Å². The van der Waals surface area contributed by atoms with Crippen molar-refractivity contribution in [1.82, 2.24) is 0 Å². The fourth-order valence-electron chi connectivity index (χ4n) is 1.77. The average molecular weight is 305 g/mol. The van der Waals surface area contributed by atoms with Crippen LogP contribution in [-0.2, 0) is 10.0 Å². The molecule has 0 atom stereocenters. The summed E-state index contributed by atoms with van der Waals surface area (Å²) in [5, 5.41) is 3.86. The van der Waals surface area contributed by atoms with Crippen molar-refractivity contribution in [2.45, 2.75) is 26.7 Å². The highest BCUT2D eigenvalue weighted by atomic mass is 35.5. The largest absolute Gasteiger partial charge is 0.384 e. The molecule has 0 aliphatic heterocycles. The lowest BCUT2D eigenvalue weighted by atomic mass is 10.0. The highest BCUT2D eigenvalue weighted by Crippen LogP contribution is 2.26. The van der Waals surface area contributed by atoms with Crippen LogP contribution < -0.4 is 10.0 Å². The Morgan fingerprint density at radius 1 is 1.26 bits per heavy atom. The third-order valence-corrected chi connectivity index (χ3v) is 3.94. The summed E-state index contributed by atoms with van der Waals surface area (Å²) in [5.41, 5.74) is 1.26. The first-order chi connectivity index (χ1) is 8.85. The van der Waals surface area contributed by atoms with Crippen LogP contribution >= 0.6 is 11.6 Å². The van der Waals surface area contributed by atoms with E-state index < -0.39 is 10.0 Å². The molecular weight excluding hydrogens is 284 g/mol. The maximum atomic E-state index is 11.2. The van der Waals surface area contributed by atoms with Crippen LogP contribution in [0, 0.1) is 5.92 Å². The third kappa shape index (κ3) is 5.70. The molecule has 1 aromatic rings. The SMILES string of the molecule is CCC(CC)CNc1cc(NS(C)(=O)=O)ccc1Cl. The van der Waals surface area contributed by atoms with E-state index in [-0.39, 0.29) is 0 Å². The Hall–Kier alpha value is -0.940. The van der Waals surface area contributed by atoms with Gasteiger partial charge in [0.1, 0.15) is 0 Å². The topological polar surface area (TPSA) is 58.2 Å². The zero-order chi connectivity index (χ0) is 14.5. The van der Waals surface area contributed by atoms with Crippen molar-refractivity contribution in [1.29, 1.82) is 0 Å². The Labute approximate surface area is 120 Å². The van der Waals surface area contributed by atoms with Gasteiger partial charge in [-0.15, -0.1) is 0 Å². The van der Waals surface area contributed by atoms with E-state index in [1.165, 1.54) is 0 Å². The summed E-state index contributed by atoms with van der Waals surface area (Å²) < 4.78 is 24.8. The summed E-state index contributed by atoms with van der Waals surface area (Å²) in [4.78, 5) is 0. The molecular formula is C13H21ClN2O2S. The third-order valence-electron chi connectivity index (χ3n) is 3.01. The quantitative estimate of drug-likeness (QED) is 0.810. The van der Waals surface area contributed by atoms with E-state index >= 15 is 0 Å². The molecule has 0 heterocycles. The van der Waals surface area contributed by atoms with E-state index in [4.69, 9.17) is 11.6 Å². The molecule has 108 valence electrons. The van der Waals surface area contributed by atoms with Gasteiger partial charge in [-0.3, -0.25) is 4.72 Å². The molecule has 4 nitrogen and oxygen atoms in total. The van der Waals surface area contributed by atoms with Crippen molar-refractivity contribution < 1.29 is 8.42 Å². The van der Waals surface area contributed by atoms with E-state index in [9.17, 15) is 8.42 Å². The van der Waals surface area contributed by atoms with Crippen molar-refractivity contribution in [3.63, 3.8) is 0 Å². The number of sulfonamides is 1. The van der Waals surface area contributed by atoms with Crippen LogP contribution in [0.5, 0.6) is 0 Å². The Balaban J connectivity index is 2.80. The molecule has 6 heteroatoms. The summed E-state index contributed by atoms with van der Waals surface area (Å²) in [7, 11) is -3.27. The summed E-state index contributed by atoms with van der Waals surface area (Å²) in [6.45, 7) is 5.13. The van der Waals surface area contributed by atoms with Gasteiger partial charge in [0.15, 0.2) is 0 Å². The fourth-order valence-corrected chi connectivity index (χ4v) is 2.51. The molecule has 0 spiro atoms. The van der Waals surface area contributed by atoms with E-state index in [1.54, 1.807) is 18.2 Å². The summed E-state index contributed by atoms with van der Waals surface area (Å²) in [5.74, 6) is 0.586. The molecule has 0 unspecified atom stereocenters. The molecule has 0 saturated carbocycles. The standard InChI is InChI=1S/C13H21ClN2O2S/c1-4-10(5-2)9-15-13-8-11(6-7-12(13)14)16-19(3,17)18/h6-8,10,15-16H,4-5,9H2,1-3H3. The first-order valence-corrected chi connectivity index (χ1v) is 8.63. The number of hydrogen-bond acceptors (Lipinski definition) is 3. The molecule has 1 aromatic carbocycles. The molecule has 19 heavy (non-hydrogen) atoms. The molecule has 0 radical (unpaired) electrons. The van der Waals surface area contributed by atoms with Gasteiger partial charge in [0.2, 0.25) is 10.0 Å². The van der Waals surface area contributed by atoms with Crippen molar-refractivity contribution in [3.05, 3.63) is 23.2 Å². The molecule has 1 rings (SSSR count). The lowest BCUT2D eigenvalue weighted by Gasteiger charge is -2.16. The lowest BCUT2D eigenvalue weighted by Crippen LogP contribution is -2.14. The smallest absolute Gasteiger partial charge is 0.229 e. The zero-order valence-corrected chi connectivity index (χ0v) is 13.1. The summed E-state index contributed by atoms with van der Waals surface area (Å²) in [6.07, 6.45) is 3.32. The number of halogens is 1. The zero-order valence-electron chi connectivity index (χ0n) is 11.5. The predicted octanol–water partition coefficient (Wildman–Crippen LogP) is 3.56. The lowest BCUT2D eigenvalue weighted by molar-refractivity contribution is 0.519. The number of rotatable bonds is 7. The average Bonchev–Trinajstić information content (AvgIpc) is 2.32. The van der Waals surface area contributed by atoms with Crippen molar-refractivity contribution >= 4 is 33.0 Å². The maximum Gasteiger partial charge on any atom is 0.229 e.